The lowest BCUT2D eigenvalue weighted by atomic mass is 10.1. The van der Waals surface area contributed by atoms with E-state index in [0.717, 1.165) is 18.6 Å². The third-order valence-corrected chi connectivity index (χ3v) is 2.22. The molecular formula is C12H16S. The Kier molecular flexibility index (Phi) is 4.69. The number of thiol groups is 1. The Bertz CT molecular complexity index is 276. The molecule has 0 unspecified atom stereocenters. The molecule has 0 aliphatic heterocycles. The smallest absolute Gasteiger partial charge is 0.00632 e. The van der Waals surface area contributed by atoms with E-state index in [1.54, 1.807) is 0 Å². The second-order valence-electron chi connectivity index (χ2n) is 3.01. The third-order valence-electron chi connectivity index (χ3n) is 1.97. The highest BCUT2D eigenvalue weighted by Crippen LogP contribution is 2.08. The molecule has 0 atom stereocenters. The number of allylic oxidation sites excluding steroid dienone is 1. The monoisotopic (exact) mass is 192 g/mol. The molecular weight excluding hydrogens is 176 g/mol. The van der Waals surface area contributed by atoms with E-state index in [1.165, 1.54) is 11.1 Å². The van der Waals surface area contributed by atoms with Gasteiger partial charge in [-0.15, -0.1) is 0 Å². The summed E-state index contributed by atoms with van der Waals surface area (Å²) in [6, 6.07) is 8.64. The predicted molar refractivity (Wildman–Crippen MR) is 63.3 cm³/mol. The average molecular weight is 192 g/mol. The summed E-state index contributed by atoms with van der Waals surface area (Å²) >= 11 is 4.15. The maximum atomic E-state index is 4.15. The van der Waals surface area contributed by atoms with E-state index in [1.807, 2.05) is 0 Å². The summed E-state index contributed by atoms with van der Waals surface area (Å²) in [7, 11) is 0. The van der Waals surface area contributed by atoms with Gasteiger partial charge in [-0.25, -0.2) is 0 Å². The Morgan fingerprint density at radius 1 is 1.38 bits per heavy atom. The Hall–Kier alpha value is -0.690. The summed E-state index contributed by atoms with van der Waals surface area (Å²) in [5.41, 5.74) is 2.69. The van der Waals surface area contributed by atoms with Crippen LogP contribution in [0.2, 0.25) is 0 Å². The van der Waals surface area contributed by atoms with Gasteiger partial charge in [0.2, 0.25) is 0 Å². The van der Waals surface area contributed by atoms with E-state index >= 15 is 0 Å². The standard InChI is InChI=1S/C12H16S/c1-2-11-7-5-8-12(10-11)6-3-4-9-13/h3,5-8,10,13H,2,4,9H2,1H3. The van der Waals surface area contributed by atoms with E-state index in [9.17, 15) is 0 Å². The molecule has 0 saturated heterocycles. The zero-order valence-electron chi connectivity index (χ0n) is 8.03. The molecule has 0 saturated carbocycles. The molecule has 0 aliphatic rings. The van der Waals surface area contributed by atoms with Crippen LogP contribution in [0, 0.1) is 0 Å². The molecule has 1 rings (SSSR count). The number of hydrogen-bond donors (Lipinski definition) is 1. The molecule has 70 valence electrons. The van der Waals surface area contributed by atoms with Crippen LogP contribution in [-0.2, 0) is 6.42 Å². The minimum absolute atomic E-state index is 0.921. The molecule has 0 nitrogen and oxygen atoms in total. The maximum Gasteiger partial charge on any atom is -0.00632 e. The normalized spacial score (nSPS) is 10.9. The summed E-state index contributed by atoms with van der Waals surface area (Å²) in [4.78, 5) is 0. The van der Waals surface area contributed by atoms with E-state index < -0.39 is 0 Å². The van der Waals surface area contributed by atoms with Gasteiger partial charge in [-0.2, -0.15) is 12.6 Å². The van der Waals surface area contributed by atoms with Crippen LogP contribution < -0.4 is 0 Å². The zero-order chi connectivity index (χ0) is 9.52. The van der Waals surface area contributed by atoms with Crippen LogP contribution in [0.1, 0.15) is 24.5 Å². The summed E-state index contributed by atoms with van der Waals surface area (Å²) < 4.78 is 0. The first-order valence-corrected chi connectivity index (χ1v) is 5.36. The zero-order valence-corrected chi connectivity index (χ0v) is 8.93. The number of rotatable bonds is 4. The van der Waals surface area contributed by atoms with Crippen molar-refractivity contribution < 1.29 is 0 Å². The molecule has 0 bridgehead atoms. The van der Waals surface area contributed by atoms with Gasteiger partial charge in [0, 0.05) is 0 Å². The van der Waals surface area contributed by atoms with Crippen molar-refractivity contribution in [2.75, 3.05) is 5.75 Å². The van der Waals surface area contributed by atoms with Crippen LogP contribution in [0.25, 0.3) is 6.08 Å². The first-order valence-electron chi connectivity index (χ1n) is 4.73. The lowest BCUT2D eigenvalue weighted by molar-refractivity contribution is 1.14. The Balaban J connectivity index is 2.66. The van der Waals surface area contributed by atoms with Gasteiger partial charge in [0.25, 0.3) is 0 Å². The highest BCUT2D eigenvalue weighted by atomic mass is 32.1. The molecule has 0 radical (unpaired) electrons. The molecule has 13 heavy (non-hydrogen) atoms. The van der Waals surface area contributed by atoms with Crippen LogP contribution in [0.15, 0.2) is 30.3 Å². The van der Waals surface area contributed by atoms with Gasteiger partial charge in [-0.05, 0) is 29.7 Å². The van der Waals surface area contributed by atoms with Crippen molar-refractivity contribution in [2.24, 2.45) is 0 Å². The van der Waals surface area contributed by atoms with Crippen molar-refractivity contribution in [2.45, 2.75) is 19.8 Å². The lowest BCUT2D eigenvalue weighted by Crippen LogP contribution is -1.80. The average Bonchev–Trinajstić information content (AvgIpc) is 2.19. The highest BCUT2D eigenvalue weighted by Gasteiger charge is 1.89. The quantitative estimate of drug-likeness (QED) is 0.693. The molecule has 1 aromatic carbocycles. The molecule has 1 heteroatoms. The molecule has 0 fully saturated rings. The van der Waals surface area contributed by atoms with Crippen molar-refractivity contribution in [3.05, 3.63) is 41.5 Å². The van der Waals surface area contributed by atoms with Crippen LogP contribution in [0.3, 0.4) is 0 Å². The van der Waals surface area contributed by atoms with Gasteiger partial charge < -0.3 is 0 Å². The Labute approximate surface area is 86.1 Å². The van der Waals surface area contributed by atoms with Gasteiger partial charge in [0.15, 0.2) is 0 Å². The molecule has 1 aromatic rings. The van der Waals surface area contributed by atoms with Crippen molar-refractivity contribution in [3.8, 4) is 0 Å². The van der Waals surface area contributed by atoms with E-state index in [2.05, 4.69) is 56.0 Å². The van der Waals surface area contributed by atoms with Crippen molar-refractivity contribution in [1.29, 1.82) is 0 Å². The Morgan fingerprint density at radius 3 is 2.92 bits per heavy atom. The first-order chi connectivity index (χ1) is 6.36. The van der Waals surface area contributed by atoms with Gasteiger partial charge in [-0.1, -0.05) is 43.3 Å². The summed E-state index contributed by atoms with van der Waals surface area (Å²) in [6.07, 6.45) is 6.48. The third kappa shape index (κ3) is 3.69. The van der Waals surface area contributed by atoms with Gasteiger partial charge in [-0.3, -0.25) is 0 Å². The van der Waals surface area contributed by atoms with Crippen LogP contribution in [-0.4, -0.2) is 5.75 Å². The molecule has 0 amide bonds. The maximum absolute atomic E-state index is 4.15. The van der Waals surface area contributed by atoms with Crippen molar-refractivity contribution in [3.63, 3.8) is 0 Å². The lowest BCUT2D eigenvalue weighted by Gasteiger charge is -1.97. The van der Waals surface area contributed by atoms with Gasteiger partial charge in [0.1, 0.15) is 0 Å². The topological polar surface area (TPSA) is 0 Å². The fourth-order valence-corrected chi connectivity index (χ4v) is 1.36. The van der Waals surface area contributed by atoms with Gasteiger partial charge >= 0.3 is 0 Å². The summed E-state index contributed by atoms with van der Waals surface area (Å²) in [5, 5.41) is 0. The minimum Gasteiger partial charge on any atom is -0.179 e. The molecule has 0 aromatic heterocycles. The molecule has 0 heterocycles. The van der Waals surface area contributed by atoms with Crippen LogP contribution >= 0.6 is 12.6 Å². The Morgan fingerprint density at radius 2 is 2.23 bits per heavy atom. The highest BCUT2D eigenvalue weighted by molar-refractivity contribution is 7.80. The van der Waals surface area contributed by atoms with E-state index in [-0.39, 0.29) is 0 Å². The number of benzene rings is 1. The van der Waals surface area contributed by atoms with Crippen molar-refractivity contribution in [1.82, 2.24) is 0 Å². The summed E-state index contributed by atoms with van der Waals surface area (Å²) in [6.45, 7) is 2.18. The predicted octanol–water partition coefficient (Wildman–Crippen LogP) is 3.58. The summed E-state index contributed by atoms with van der Waals surface area (Å²) in [5.74, 6) is 0.921. The first kappa shape index (κ1) is 10.4. The largest absolute Gasteiger partial charge is 0.179 e. The SMILES string of the molecule is CCc1cccc(C=CCCS)c1. The van der Waals surface area contributed by atoms with E-state index in [4.69, 9.17) is 0 Å². The van der Waals surface area contributed by atoms with Gasteiger partial charge in [0.05, 0.1) is 0 Å². The van der Waals surface area contributed by atoms with E-state index in [0.29, 0.717) is 0 Å². The fourth-order valence-electron chi connectivity index (χ4n) is 1.21. The minimum atomic E-state index is 0.921. The fraction of sp³-hybridized carbons (Fsp3) is 0.333. The van der Waals surface area contributed by atoms with Crippen molar-refractivity contribution >= 4 is 18.7 Å². The second-order valence-corrected chi connectivity index (χ2v) is 3.46. The second kappa shape index (κ2) is 5.87. The van der Waals surface area contributed by atoms with Crippen LogP contribution in [0.4, 0.5) is 0 Å². The number of aryl methyl sites for hydroxylation is 1. The molecule has 0 spiro atoms. The molecule has 0 aliphatic carbocycles. The number of hydrogen-bond acceptors (Lipinski definition) is 1. The molecule has 0 N–H and O–H groups in total. The van der Waals surface area contributed by atoms with Crippen LogP contribution in [0.5, 0.6) is 0 Å².